The molecule has 1 saturated heterocycles. The zero-order chi connectivity index (χ0) is 14.8. The Labute approximate surface area is 122 Å². The number of carbonyl (C=O) groups is 1. The minimum atomic E-state index is -0.186. The molecule has 1 unspecified atom stereocenters. The molecule has 1 aliphatic rings. The standard InChI is InChI=1S/C16H15N3O2/c1-21-16(20)11-6-7-19(10-11)15-12(8-17)9-18-14-5-3-2-4-13(14)15/h2-5,9,11H,6-7,10H2,1H3. The zero-order valence-electron chi connectivity index (χ0n) is 11.7. The number of nitrogens with zero attached hydrogens (tertiary/aromatic N) is 3. The molecule has 1 atom stereocenters. The summed E-state index contributed by atoms with van der Waals surface area (Å²) < 4.78 is 4.82. The van der Waals surface area contributed by atoms with Crippen LogP contribution in [0.3, 0.4) is 0 Å². The van der Waals surface area contributed by atoms with Gasteiger partial charge in [0.25, 0.3) is 0 Å². The summed E-state index contributed by atoms with van der Waals surface area (Å²) in [6.07, 6.45) is 2.34. The van der Waals surface area contributed by atoms with Crippen LogP contribution in [-0.2, 0) is 9.53 Å². The first-order valence-electron chi connectivity index (χ1n) is 6.85. The van der Waals surface area contributed by atoms with Gasteiger partial charge in [-0.1, -0.05) is 18.2 Å². The molecule has 1 aromatic carbocycles. The van der Waals surface area contributed by atoms with Crippen LogP contribution >= 0.6 is 0 Å². The number of hydrogen-bond acceptors (Lipinski definition) is 5. The van der Waals surface area contributed by atoms with E-state index in [4.69, 9.17) is 4.74 Å². The summed E-state index contributed by atoms with van der Waals surface area (Å²) in [4.78, 5) is 18.1. The molecule has 0 radical (unpaired) electrons. The molecule has 5 heteroatoms. The predicted molar refractivity (Wildman–Crippen MR) is 78.8 cm³/mol. The maximum Gasteiger partial charge on any atom is 0.310 e. The number of methoxy groups -OCH3 is 1. The zero-order valence-corrected chi connectivity index (χ0v) is 11.7. The first kappa shape index (κ1) is 13.4. The fraction of sp³-hybridized carbons (Fsp3) is 0.312. The van der Waals surface area contributed by atoms with E-state index >= 15 is 0 Å². The third kappa shape index (κ3) is 2.29. The number of rotatable bonds is 2. The molecule has 0 aliphatic carbocycles. The summed E-state index contributed by atoms with van der Waals surface area (Å²) >= 11 is 0. The molecule has 0 bridgehead atoms. The molecule has 0 N–H and O–H groups in total. The average Bonchev–Trinajstić information content (AvgIpc) is 3.02. The van der Waals surface area contributed by atoms with Gasteiger partial charge >= 0.3 is 5.97 Å². The number of pyridine rings is 1. The van der Waals surface area contributed by atoms with Crippen molar-refractivity contribution in [3.05, 3.63) is 36.0 Å². The molecule has 2 heterocycles. The van der Waals surface area contributed by atoms with E-state index in [1.165, 1.54) is 7.11 Å². The number of esters is 1. The van der Waals surface area contributed by atoms with Crippen molar-refractivity contribution in [1.82, 2.24) is 4.98 Å². The quantitative estimate of drug-likeness (QED) is 0.789. The second kappa shape index (κ2) is 5.41. The molecular weight excluding hydrogens is 266 g/mol. The number of carbonyl (C=O) groups excluding carboxylic acids is 1. The van der Waals surface area contributed by atoms with Gasteiger partial charge < -0.3 is 9.64 Å². The molecule has 1 fully saturated rings. The normalized spacial score (nSPS) is 17.7. The van der Waals surface area contributed by atoms with E-state index < -0.39 is 0 Å². The van der Waals surface area contributed by atoms with Crippen molar-refractivity contribution >= 4 is 22.6 Å². The Bertz CT molecular complexity index is 736. The van der Waals surface area contributed by atoms with Crippen molar-refractivity contribution in [1.29, 1.82) is 5.26 Å². The van der Waals surface area contributed by atoms with Gasteiger partial charge in [-0.3, -0.25) is 9.78 Å². The van der Waals surface area contributed by atoms with Crippen LogP contribution in [0.15, 0.2) is 30.5 Å². The van der Waals surface area contributed by atoms with Crippen molar-refractivity contribution < 1.29 is 9.53 Å². The van der Waals surface area contributed by atoms with Crippen LogP contribution < -0.4 is 4.90 Å². The Morgan fingerprint density at radius 1 is 1.48 bits per heavy atom. The van der Waals surface area contributed by atoms with Gasteiger partial charge in [-0.2, -0.15) is 5.26 Å². The number of anilines is 1. The van der Waals surface area contributed by atoms with Gasteiger partial charge in [0.15, 0.2) is 0 Å². The molecule has 5 nitrogen and oxygen atoms in total. The van der Waals surface area contributed by atoms with Gasteiger partial charge in [-0.15, -0.1) is 0 Å². The van der Waals surface area contributed by atoms with Crippen molar-refractivity contribution in [2.24, 2.45) is 5.92 Å². The lowest BCUT2D eigenvalue weighted by Crippen LogP contribution is -2.24. The van der Waals surface area contributed by atoms with Crippen LogP contribution in [0.1, 0.15) is 12.0 Å². The first-order chi connectivity index (χ1) is 10.2. The van der Waals surface area contributed by atoms with Crippen LogP contribution in [0.25, 0.3) is 10.9 Å². The van der Waals surface area contributed by atoms with E-state index in [-0.39, 0.29) is 11.9 Å². The van der Waals surface area contributed by atoms with Gasteiger partial charge in [0, 0.05) is 24.7 Å². The first-order valence-corrected chi connectivity index (χ1v) is 6.85. The fourth-order valence-corrected chi connectivity index (χ4v) is 2.87. The monoisotopic (exact) mass is 281 g/mol. The van der Waals surface area contributed by atoms with Gasteiger partial charge in [0.05, 0.1) is 29.8 Å². The highest BCUT2D eigenvalue weighted by atomic mass is 16.5. The van der Waals surface area contributed by atoms with Crippen LogP contribution in [0.5, 0.6) is 0 Å². The molecule has 0 saturated carbocycles. The summed E-state index contributed by atoms with van der Waals surface area (Å²) in [5.41, 5.74) is 2.27. The molecule has 0 spiro atoms. The summed E-state index contributed by atoms with van der Waals surface area (Å²) in [6.45, 7) is 1.32. The maximum absolute atomic E-state index is 11.7. The summed E-state index contributed by atoms with van der Waals surface area (Å²) in [5, 5.41) is 10.3. The highest BCUT2D eigenvalue weighted by Gasteiger charge is 2.31. The molecule has 0 amide bonds. The third-order valence-corrected chi connectivity index (χ3v) is 3.91. The molecule has 21 heavy (non-hydrogen) atoms. The van der Waals surface area contributed by atoms with E-state index in [0.29, 0.717) is 12.1 Å². The van der Waals surface area contributed by atoms with Gasteiger partial charge in [0.1, 0.15) is 6.07 Å². The van der Waals surface area contributed by atoms with E-state index in [2.05, 4.69) is 16.0 Å². The lowest BCUT2D eigenvalue weighted by molar-refractivity contribution is -0.144. The van der Waals surface area contributed by atoms with Gasteiger partial charge in [-0.25, -0.2) is 0 Å². The number of hydrogen-bond donors (Lipinski definition) is 0. The van der Waals surface area contributed by atoms with Crippen molar-refractivity contribution in [3.8, 4) is 6.07 Å². The molecule has 1 aliphatic heterocycles. The number of para-hydroxylation sites is 1. The van der Waals surface area contributed by atoms with Crippen molar-refractivity contribution in [3.63, 3.8) is 0 Å². The lowest BCUT2D eigenvalue weighted by Gasteiger charge is -2.21. The Morgan fingerprint density at radius 3 is 3.05 bits per heavy atom. The molecule has 106 valence electrons. The lowest BCUT2D eigenvalue weighted by atomic mass is 10.1. The highest BCUT2D eigenvalue weighted by molar-refractivity contribution is 5.94. The Balaban J connectivity index is 2.04. The summed E-state index contributed by atoms with van der Waals surface area (Å²) in [7, 11) is 1.41. The maximum atomic E-state index is 11.7. The van der Waals surface area contributed by atoms with E-state index in [1.54, 1.807) is 6.20 Å². The summed E-state index contributed by atoms with van der Waals surface area (Å²) in [5.74, 6) is -0.317. The second-order valence-corrected chi connectivity index (χ2v) is 5.10. The van der Waals surface area contributed by atoms with E-state index in [1.807, 2.05) is 24.3 Å². The molecule has 3 rings (SSSR count). The Hall–Kier alpha value is -2.61. The number of nitriles is 1. The van der Waals surface area contributed by atoms with E-state index in [0.717, 1.165) is 29.6 Å². The number of ether oxygens (including phenoxy) is 1. The number of fused-ring (bicyclic) bond motifs is 1. The minimum Gasteiger partial charge on any atom is -0.469 e. The Kier molecular flexibility index (Phi) is 3.44. The van der Waals surface area contributed by atoms with Gasteiger partial charge in [0.2, 0.25) is 0 Å². The van der Waals surface area contributed by atoms with Crippen LogP contribution in [0, 0.1) is 17.2 Å². The van der Waals surface area contributed by atoms with Crippen LogP contribution in [-0.4, -0.2) is 31.2 Å². The van der Waals surface area contributed by atoms with Crippen LogP contribution in [0.2, 0.25) is 0 Å². The largest absolute Gasteiger partial charge is 0.469 e. The minimum absolute atomic E-state index is 0.131. The Morgan fingerprint density at radius 2 is 2.29 bits per heavy atom. The third-order valence-electron chi connectivity index (χ3n) is 3.91. The molecular formula is C16H15N3O2. The number of benzene rings is 1. The summed E-state index contributed by atoms with van der Waals surface area (Å²) in [6, 6.07) is 9.95. The second-order valence-electron chi connectivity index (χ2n) is 5.10. The predicted octanol–water partition coefficient (Wildman–Crippen LogP) is 2.11. The number of aromatic nitrogens is 1. The van der Waals surface area contributed by atoms with Gasteiger partial charge in [-0.05, 0) is 12.5 Å². The topological polar surface area (TPSA) is 66.2 Å². The molecule has 1 aromatic heterocycles. The fourth-order valence-electron chi connectivity index (χ4n) is 2.87. The van der Waals surface area contributed by atoms with Crippen molar-refractivity contribution in [2.45, 2.75) is 6.42 Å². The highest BCUT2D eigenvalue weighted by Crippen LogP contribution is 2.33. The van der Waals surface area contributed by atoms with E-state index in [9.17, 15) is 10.1 Å². The SMILES string of the molecule is COC(=O)C1CCN(c2c(C#N)cnc3ccccc23)C1. The van der Waals surface area contributed by atoms with Crippen molar-refractivity contribution in [2.75, 3.05) is 25.1 Å². The smallest absolute Gasteiger partial charge is 0.310 e. The average molecular weight is 281 g/mol. The van der Waals surface area contributed by atoms with Crippen LogP contribution in [0.4, 0.5) is 5.69 Å². The molecule has 2 aromatic rings.